The van der Waals surface area contributed by atoms with Gasteiger partial charge in [0, 0.05) is 24.2 Å². The molecule has 1 saturated heterocycles. The van der Waals surface area contributed by atoms with Crippen molar-refractivity contribution in [3.05, 3.63) is 36.0 Å². The smallest absolute Gasteiger partial charge is 0.309 e. The van der Waals surface area contributed by atoms with Gasteiger partial charge in [-0.1, -0.05) is 18.2 Å². The number of para-hydroxylation sites is 1. The van der Waals surface area contributed by atoms with Gasteiger partial charge in [0.1, 0.15) is 0 Å². The molecule has 3 rings (SSSR count). The first-order valence-electron chi connectivity index (χ1n) is 7.18. The minimum atomic E-state index is -0.872. The van der Waals surface area contributed by atoms with Crippen LogP contribution in [0.4, 0.5) is 5.69 Å². The molecule has 1 atom stereocenters. The van der Waals surface area contributed by atoms with Crippen molar-refractivity contribution < 1.29 is 14.6 Å². The van der Waals surface area contributed by atoms with Crippen molar-refractivity contribution in [2.24, 2.45) is 0 Å². The lowest BCUT2D eigenvalue weighted by atomic mass is 10.1. The van der Waals surface area contributed by atoms with Crippen LogP contribution < -0.4 is 5.32 Å². The Morgan fingerprint density at radius 3 is 3.05 bits per heavy atom. The minimum absolute atomic E-state index is 0.0700. The van der Waals surface area contributed by atoms with Crippen LogP contribution in [0.25, 0.3) is 10.9 Å². The van der Waals surface area contributed by atoms with E-state index in [2.05, 4.69) is 10.3 Å². The van der Waals surface area contributed by atoms with Crippen molar-refractivity contribution in [1.29, 1.82) is 0 Å². The monoisotopic (exact) mass is 286 g/mol. The van der Waals surface area contributed by atoms with Crippen molar-refractivity contribution in [3.8, 4) is 0 Å². The molecular formula is C16H18N2O3. The summed E-state index contributed by atoms with van der Waals surface area (Å²) in [7, 11) is 0. The maximum atomic E-state index is 10.9. The normalized spacial score (nSPS) is 18.0. The molecule has 0 spiro atoms. The van der Waals surface area contributed by atoms with Gasteiger partial charge in [0.25, 0.3) is 0 Å². The number of aliphatic carboxylic acids is 1. The van der Waals surface area contributed by atoms with E-state index in [1.165, 1.54) is 0 Å². The molecule has 110 valence electrons. The van der Waals surface area contributed by atoms with E-state index in [1.54, 1.807) is 0 Å². The number of fused-ring (bicyclic) bond motifs is 1. The van der Waals surface area contributed by atoms with Gasteiger partial charge >= 0.3 is 5.97 Å². The molecule has 0 radical (unpaired) electrons. The van der Waals surface area contributed by atoms with E-state index < -0.39 is 5.97 Å². The molecule has 0 amide bonds. The second-order valence-electron chi connectivity index (χ2n) is 5.26. The summed E-state index contributed by atoms with van der Waals surface area (Å²) in [4.78, 5) is 15.3. The van der Waals surface area contributed by atoms with Crippen LogP contribution in [0.2, 0.25) is 0 Å². The first kappa shape index (κ1) is 13.8. The van der Waals surface area contributed by atoms with Crippen LogP contribution in [0.5, 0.6) is 0 Å². The first-order valence-corrected chi connectivity index (χ1v) is 7.18. The number of carbonyl (C=O) groups is 1. The molecule has 5 nitrogen and oxygen atoms in total. The minimum Gasteiger partial charge on any atom is -0.481 e. The molecule has 0 saturated carbocycles. The van der Waals surface area contributed by atoms with Crippen LogP contribution in [0.1, 0.15) is 18.5 Å². The van der Waals surface area contributed by atoms with E-state index in [-0.39, 0.29) is 12.5 Å². The number of hydrogen-bond acceptors (Lipinski definition) is 4. The molecule has 1 fully saturated rings. The highest BCUT2D eigenvalue weighted by Gasteiger charge is 2.16. The molecule has 2 N–H and O–H groups in total. The molecule has 2 heterocycles. The lowest BCUT2D eigenvalue weighted by Gasteiger charge is -2.14. The average molecular weight is 286 g/mol. The number of rotatable bonds is 5. The largest absolute Gasteiger partial charge is 0.481 e. The van der Waals surface area contributed by atoms with Crippen molar-refractivity contribution in [1.82, 2.24) is 4.98 Å². The number of carboxylic acid groups (broad SMARTS) is 1. The third-order valence-corrected chi connectivity index (χ3v) is 3.65. The molecule has 1 aliphatic rings. The molecule has 2 aromatic rings. The summed E-state index contributed by atoms with van der Waals surface area (Å²) in [5.74, 6) is -0.872. The molecule has 0 aliphatic carbocycles. The molecule has 0 bridgehead atoms. The van der Waals surface area contributed by atoms with Gasteiger partial charge in [-0.2, -0.15) is 0 Å². The quantitative estimate of drug-likeness (QED) is 0.883. The van der Waals surface area contributed by atoms with E-state index in [1.807, 2.05) is 30.3 Å². The number of hydrogen-bond donors (Lipinski definition) is 2. The summed E-state index contributed by atoms with van der Waals surface area (Å²) in [5, 5.41) is 13.3. The van der Waals surface area contributed by atoms with Crippen molar-refractivity contribution in [3.63, 3.8) is 0 Å². The van der Waals surface area contributed by atoms with Gasteiger partial charge in [0.15, 0.2) is 0 Å². The molecule has 1 aliphatic heterocycles. The summed E-state index contributed by atoms with van der Waals surface area (Å²) < 4.78 is 5.61. The van der Waals surface area contributed by atoms with Crippen LogP contribution >= 0.6 is 0 Å². The second-order valence-corrected chi connectivity index (χ2v) is 5.26. The van der Waals surface area contributed by atoms with Crippen LogP contribution in [0.3, 0.4) is 0 Å². The topological polar surface area (TPSA) is 71.5 Å². The Hall–Kier alpha value is -2.14. The van der Waals surface area contributed by atoms with Gasteiger partial charge in [0.2, 0.25) is 0 Å². The highest BCUT2D eigenvalue weighted by Crippen LogP contribution is 2.24. The fourth-order valence-electron chi connectivity index (χ4n) is 2.65. The van der Waals surface area contributed by atoms with Crippen molar-refractivity contribution in [2.75, 3.05) is 18.5 Å². The number of pyridine rings is 1. The number of nitrogens with zero attached hydrogens (tertiary/aromatic N) is 1. The maximum absolute atomic E-state index is 10.9. The number of anilines is 1. The zero-order valence-electron chi connectivity index (χ0n) is 11.7. The predicted molar refractivity (Wildman–Crippen MR) is 80.5 cm³/mol. The van der Waals surface area contributed by atoms with Gasteiger partial charge in [-0.3, -0.25) is 9.78 Å². The highest BCUT2D eigenvalue weighted by molar-refractivity contribution is 5.91. The molecule has 1 unspecified atom stereocenters. The van der Waals surface area contributed by atoms with E-state index in [4.69, 9.17) is 9.84 Å². The Morgan fingerprint density at radius 2 is 2.29 bits per heavy atom. The van der Waals surface area contributed by atoms with Gasteiger partial charge < -0.3 is 15.2 Å². The third-order valence-electron chi connectivity index (χ3n) is 3.65. The third kappa shape index (κ3) is 3.31. The second kappa shape index (κ2) is 6.10. The average Bonchev–Trinajstić information content (AvgIpc) is 2.97. The van der Waals surface area contributed by atoms with E-state index in [9.17, 15) is 4.79 Å². The molecule has 1 aromatic carbocycles. The van der Waals surface area contributed by atoms with E-state index in [0.29, 0.717) is 5.69 Å². The molecule has 5 heteroatoms. The Morgan fingerprint density at radius 1 is 1.43 bits per heavy atom. The van der Waals surface area contributed by atoms with Crippen molar-refractivity contribution >= 4 is 22.6 Å². The summed E-state index contributed by atoms with van der Waals surface area (Å²) in [6.45, 7) is 1.56. The Balaban J connectivity index is 1.88. The van der Waals surface area contributed by atoms with E-state index >= 15 is 0 Å². The predicted octanol–water partition coefficient (Wildman–Crippen LogP) is 2.45. The Kier molecular flexibility index (Phi) is 4.01. The summed E-state index contributed by atoms with van der Waals surface area (Å²) >= 11 is 0. The lowest BCUT2D eigenvalue weighted by Crippen LogP contribution is -2.18. The number of aromatic nitrogens is 1. The number of nitrogens with one attached hydrogen (secondary N) is 1. The number of carboxylic acids is 1. The van der Waals surface area contributed by atoms with Crippen LogP contribution in [0.15, 0.2) is 30.3 Å². The Bertz CT molecular complexity index is 651. The maximum Gasteiger partial charge on any atom is 0.309 e. The Labute approximate surface area is 123 Å². The van der Waals surface area contributed by atoms with Gasteiger partial charge in [-0.25, -0.2) is 0 Å². The lowest BCUT2D eigenvalue weighted by molar-refractivity contribution is -0.136. The number of ether oxygens (including phenoxy) is 1. The van der Waals surface area contributed by atoms with Crippen LogP contribution in [0, 0.1) is 0 Å². The van der Waals surface area contributed by atoms with Gasteiger partial charge in [0.05, 0.1) is 23.7 Å². The summed E-state index contributed by atoms with van der Waals surface area (Å²) in [5.41, 5.74) is 2.30. The van der Waals surface area contributed by atoms with Gasteiger partial charge in [-0.05, 0) is 25.0 Å². The van der Waals surface area contributed by atoms with Crippen LogP contribution in [-0.4, -0.2) is 35.3 Å². The zero-order chi connectivity index (χ0) is 14.7. The fraction of sp³-hybridized carbons (Fsp3) is 0.375. The fourth-order valence-corrected chi connectivity index (χ4v) is 2.65. The summed E-state index contributed by atoms with van der Waals surface area (Å²) in [6, 6.07) is 9.58. The van der Waals surface area contributed by atoms with E-state index in [0.717, 1.165) is 42.6 Å². The zero-order valence-corrected chi connectivity index (χ0v) is 11.7. The standard InChI is InChI=1S/C16H18N2O3/c19-16(20)9-11-8-15(17-10-12-4-3-7-21-12)13-5-1-2-6-14(13)18-11/h1-2,5-6,8,12H,3-4,7,9-10H2,(H,17,18)(H,19,20). The SMILES string of the molecule is O=C(O)Cc1cc(NCC2CCCO2)c2ccccc2n1. The van der Waals surface area contributed by atoms with Gasteiger partial charge in [-0.15, -0.1) is 0 Å². The summed E-state index contributed by atoms with van der Waals surface area (Å²) in [6.07, 6.45) is 2.34. The number of benzene rings is 1. The molecular weight excluding hydrogens is 268 g/mol. The van der Waals surface area contributed by atoms with Crippen LogP contribution in [-0.2, 0) is 16.0 Å². The highest BCUT2D eigenvalue weighted by atomic mass is 16.5. The first-order chi connectivity index (χ1) is 10.2. The molecule has 21 heavy (non-hydrogen) atoms. The molecule has 1 aromatic heterocycles. The van der Waals surface area contributed by atoms with Crippen molar-refractivity contribution in [2.45, 2.75) is 25.4 Å².